The highest BCUT2D eigenvalue weighted by atomic mass is 127. The van der Waals surface area contributed by atoms with Gasteiger partial charge in [0.2, 0.25) is 0 Å². The molecule has 4 aliphatic rings. The molecular weight excluding hydrogens is 503 g/mol. The van der Waals surface area contributed by atoms with Gasteiger partial charge in [0.25, 0.3) is 0 Å². The van der Waals surface area contributed by atoms with E-state index in [0.717, 1.165) is 34.5 Å². The molecule has 0 aliphatic heterocycles. The molecule has 0 heterocycles. The lowest BCUT2D eigenvalue weighted by Gasteiger charge is -2.62. The average Bonchev–Trinajstić information content (AvgIpc) is 2.96. The van der Waals surface area contributed by atoms with Crippen LogP contribution in [0.4, 0.5) is 0 Å². The van der Waals surface area contributed by atoms with Crippen LogP contribution in [0.15, 0.2) is 11.1 Å². The van der Waals surface area contributed by atoms with Crippen molar-refractivity contribution >= 4 is 22.6 Å². The van der Waals surface area contributed by atoms with Crippen molar-refractivity contribution in [3.05, 3.63) is 11.1 Å². The summed E-state index contributed by atoms with van der Waals surface area (Å²) in [5.74, 6) is 2.47. The molecule has 32 heavy (non-hydrogen) atoms. The molecule has 4 rings (SSSR count). The van der Waals surface area contributed by atoms with Gasteiger partial charge in [0.15, 0.2) is 0 Å². The zero-order chi connectivity index (χ0) is 23.7. The number of alkyl halides is 1. The fraction of sp³-hybridized carbons (Fsp3) is 0.933. The molecule has 0 spiro atoms. The molecule has 0 bridgehead atoms. The van der Waals surface area contributed by atoms with Crippen LogP contribution < -0.4 is 0 Å². The number of aliphatic hydroxyl groups is 1. The van der Waals surface area contributed by atoms with E-state index >= 15 is 0 Å². The van der Waals surface area contributed by atoms with E-state index in [2.05, 4.69) is 64.1 Å². The van der Waals surface area contributed by atoms with Gasteiger partial charge in [-0.3, -0.25) is 0 Å². The summed E-state index contributed by atoms with van der Waals surface area (Å²) in [7, 11) is 0. The number of fused-ring (bicyclic) bond motifs is 4. The van der Waals surface area contributed by atoms with Gasteiger partial charge in [-0.1, -0.05) is 88.1 Å². The maximum atomic E-state index is 10.2. The highest BCUT2D eigenvalue weighted by Crippen LogP contribution is 2.72. The summed E-state index contributed by atoms with van der Waals surface area (Å²) in [6.45, 7) is 19.6. The molecule has 1 nitrogen and oxygen atoms in total. The molecule has 7 atom stereocenters. The molecule has 1 N–H and O–H groups in total. The third kappa shape index (κ3) is 3.79. The van der Waals surface area contributed by atoms with Gasteiger partial charge in [-0.25, -0.2) is 0 Å². The molecule has 0 aromatic rings. The van der Waals surface area contributed by atoms with Gasteiger partial charge in [-0.2, -0.15) is 0 Å². The SMILES string of the molecule is C[C@H](CCCC(C)(C)O)[C@H]1CC[C@@]2(C)C3=C(CC[C@]12C)[C@@]1(C)CC[C@H](I)C(C)(C)[C@@H]1CC3. The van der Waals surface area contributed by atoms with Crippen molar-refractivity contribution in [1.82, 2.24) is 0 Å². The van der Waals surface area contributed by atoms with E-state index in [9.17, 15) is 5.11 Å². The van der Waals surface area contributed by atoms with E-state index in [4.69, 9.17) is 0 Å². The van der Waals surface area contributed by atoms with E-state index < -0.39 is 5.60 Å². The fourth-order valence-electron chi connectivity index (χ4n) is 9.66. The molecule has 2 fully saturated rings. The Morgan fingerprint density at radius 1 is 0.969 bits per heavy atom. The molecule has 0 unspecified atom stereocenters. The van der Waals surface area contributed by atoms with E-state index in [0.29, 0.717) is 21.7 Å². The smallest absolute Gasteiger partial charge is 0.0591 e. The van der Waals surface area contributed by atoms with Crippen LogP contribution in [0.25, 0.3) is 0 Å². The molecule has 0 amide bonds. The first-order valence-electron chi connectivity index (χ1n) is 13.8. The maximum absolute atomic E-state index is 10.2. The molecule has 0 saturated heterocycles. The van der Waals surface area contributed by atoms with E-state index in [1.165, 1.54) is 57.8 Å². The second-order valence-corrected chi connectivity index (χ2v) is 15.9. The summed E-state index contributed by atoms with van der Waals surface area (Å²) in [6.07, 6.45) is 14.5. The van der Waals surface area contributed by atoms with Crippen LogP contribution in [0.2, 0.25) is 0 Å². The summed E-state index contributed by atoms with van der Waals surface area (Å²) in [4.78, 5) is 0. The van der Waals surface area contributed by atoms with Crippen LogP contribution in [0.5, 0.6) is 0 Å². The number of rotatable bonds is 5. The van der Waals surface area contributed by atoms with Gasteiger partial charge in [-0.05, 0) is 111 Å². The lowest BCUT2D eigenvalue weighted by molar-refractivity contribution is -0.0148. The minimum atomic E-state index is -0.517. The van der Waals surface area contributed by atoms with Crippen LogP contribution in [0.1, 0.15) is 126 Å². The van der Waals surface area contributed by atoms with Crippen LogP contribution in [0.3, 0.4) is 0 Å². The normalized spacial score (nSPS) is 44.6. The summed E-state index contributed by atoms with van der Waals surface area (Å²) >= 11 is 2.77. The molecule has 0 radical (unpaired) electrons. The maximum Gasteiger partial charge on any atom is 0.0591 e. The molecule has 4 aliphatic carbocycles. The van der Waals surface area contributed by atoms with E-state index in [1.54, 1.807) is 0 Å². The largest absolute Gasteiger partial charge is 0.390 e. The second-order valence-electron chi connectivity index (χ2n) is 14.4. The van der Waals surface area contributed by atoms with Gasteiger partial charge in [0.1, 0.15) is 0 Å². The summed E-state index contributed by atoms with van der Waals surface area (Å²) < 4.78 is 0.824. The third-order valence-electron chi connectivity index (χ3n) is 11.9. The molecule has 2 heteroatoms. The minimum absolute atomic E-state index is 0.412. The summed E-state index contributed by atoms with van der Waals surface area (Å²) in [5.41, 5.74) is 5.12. The lowest BCUT2D eigenvalue weighted by atomic mass is 9.43. The average molecular weight is 555 g/mol. The monoisotopic (exact) mass is 554 g/mol. The molecule has 2 saturated carbocycles. The van der Waals surface area contributed by atoms with Gasteiger partial charge in [0.05, 0.1) is 5.60 Å². The van der Waals surface area contributed by atoms with Crippen LogP contribution in [-0.2, 0) is 0 Å². The van der Waals surface area contributed by atoms with Crippen molar-refractivity contribution in [2.75, 3.05) is 0 Å². The molecule has 0 aromatic carbocycles. The van der Waals surface area contributed by atoms with Crippen molar-refractivity contribution in [3.63, 3.8) is 0 Å². The number of hydrogen-bond donors (Lipinski definition) is 1. The highest BCUT2D eigenvalue weighted by molar-refractivity contribution is 14.1. The number of hydrogen-bond acceptors (Lipinski definition) is 1. The van der Waals surface area contributed by atoms with Crippen molar-refractivity contribution < 1.29 is 5.11 Å². The Morgan fingerprint density at radius 3 is 2.31 bits per heavy atom. The van der Waals surface area contributed by atoms with Gasteiger partial charge >= 0.3 is 0 Å². The Hall–Kier alpha value is 0.430. The number of halogens is 1. The van der Waals surface area contributed by atoms with Crippen LogP contribution in [0, 0.1) is 39.4 Å². The van der Waals surface area contributed by atoms with E-state index in [1.807, 2.05) is 25.0 Å². The zero-order valence-corrected chi connectivity index (χ0v) is 24.6. The predicted molar refractivity (Wildman–Crippen MR) is 146 cm³/mol. The quantitative estimate of drug-likeness (QED) is 0.204. The van der Waals surface area contributed by atoms with Gasteiger partial charge < -0.3 is 5.11 Å². The minimum Gasteiger partial charge on any atom is -0.390 e. The van der Waals surface area contributed by atoms with Crippen molar-refractivity contribution in [2.24, 2.45) is 39.4 Å². The molecule has 184 valence electrons. The molecular formula is C30H51IO. The van der Waals surface area contributed by atoms with Gasteiger partial charge in [0, 0.05) is 3.92 Å². The van der Waals surface area contributed by atoms with Crippen molar-refractivity contribution in [1.29, 1.82) is 0 Å². The Kier molecular flexibility index (Phi) is 6.57. The summed E-state index contributed by atoms with van der Waals surface area (Å²) in [5, 5.41) is 10.2. The Bertz CT molecular complexity index is 759. The highest BCUT2D eigenvalue weighted by Gasteiger charge is 2.63. The Labute approximate surface area is 213 Å². The molecule has 0 aromatic heterocycles. The zero-order valence-electron chi connectivity index (χ0n) is 22.4. The first-order valence-corrected chi connectivity index (χ1v) is 15.0. The lowest BCUT2D eigenvalue weighted by Crippen LogP contribution is -2.54. The topological polar surface area (TPSA) is 20.2 Å². The predicted octanol–water partition coefficient (Wildman–Crippen LogP) is 9.12. The first-order chi connectivity index (χ1) is 14.7. The van der Waals surface area contributed by atoms with Crippen molar-refractivity contribution in [3.8, 4) is 0 Å². The van der Waals surface area contributed by atoms with Crippen LogP contribution in [-0.4, -0.2) is 14.6 Å². The summed E-state index contributed by atoms with van der Waals surface area (Å²) in [6, 6.07) is 0. The number of allylic oxidation sites excluding steroid dienone is 2. The van der Waals surface area contributed by atoms with Gasteiger partial charge in [-0.15, -0.1) is 0 Å². The Morgan fingerprint density at radius 2 is 1.66 bits per heavy atom. The second kappa shape index (κ2) is 8.24. The fourth-order valence-corrected chi connectivity index (χ4v) is 10.4. The first kappa shape index (κ1) is 25.5. The van der Waals surface area contributed by atoms with E-state index in [-0.39, 0.29) is 0 Å². The third-order valence-corrected chi connectivity index (χ3v) is 14.1. The van der Waals surface area contributed by atoms with Crippen LogP contribution >= 0.6 is 22.6 Å². The standard InChI is InChI=1S/C30H51IO/c1-20(10-9-16-26(2,3)32)21-13-18-30(8)23-11-12-24-27(4,5)25(31)15-17-28(24,6)22(23)14-19-29(21,30)7/h20-21,24-25,32H,9-19H2,1-8H3/t20-,21-,24+,25+,28-,29-,30+/m1/s1. The Balaban J connectivity index is 1.60. The van der Waals surface area contributed by atoms with Crippen molar-refractivity contribution in [2.45, 2.75) is 136 Å².